The predicted octanol–water partition coefficient (Wildman–Crippen LogP) is 3.35. The minimum atomic E-state index is -0.351. The summed E-state index contributed by atoms with van der Waals surface area (Å²) in [5, 5.41) is 0.669. The van der Waals surface area contributed by atoms with Crippen molar-refractivity contribution < 1.29 is 9.59 Å². The highest BCUT2D eigenvalue weighted by molar-refractivity contribution is 7.99. The van der Waals surface area contributed by atoms with Crippen molar-refractivity contribution in [2.45, 2.75) is 11.3 Å². The topological polar surface area (TPSA) is 61.4 Å². The molecule has 2 amide bonds. The molecule has 0 fully saturated rings. The summed E-state index contributed by atoms with van der Waals surface area (Å²) >= 11 is 7.56. The third-order valence-electron chi connectivity index (χ3n) is 3.36. The van der Waals surface area contributed by atoms with Gasteiger partial charge >= 0.3 is 0 Å². The standard InChI is InChI=1S/C18H20ClN3O2S/c1-22(2)14-7-5-6-13(12-14)18(24)21-20-17(23)10-11-25-16-9-4-3-8-15(16)19/h3-9,12H,10-11H2,1-2H3,(H,20,23)(H,21,24). The molecule has 0 unspecified atom stereocenters. The van der Waals surface area contributed by atoms with Crippen LogP contribution < -0.4 is 15.8 Å². The molecule has 5 nitrogen and oxygen atoms in total. The Labute approximate surface area is 156 Å². The highest BCUT2D eigenvalue weighted by Gasteiger charge is 2.09. The molecule has 0 aliphatic carbocycles. The Bertz CT molecular complexity index is 753. The first-order valence-corrected chi connectivity index (χ1v) is 9.07. The Kier molecular flexibility index (Phi) is 7.16. The van der Waals surface area contributed by atoms with Crippen LogP contribution in [0.3, 0.4) is 0 Å². The van der Waals surface area contributed by atoms with E-state index in [0.717, 1.165) is 10.6 Å². The summed E-state index contributed by atoms with van der Waals surface area (Å²) in [6.45, 7) is 0. The lowest BCUT2D eigenvalue weighted by molar-refractivity contribution is -0.121. The molecular weight excluding hydrogens is 358 g/mol. The monoisotopic (exact) mass is 377 g/mol. The molecule has 0 aliphatic heterocycles. The fraction of sp³-hybridized carbons (Fsp3) is 0.222. The third kappa shape index (κ3) is 5.99. The van der Waals surface area contributed by atoms with E-state index in [-0.39, 0.29) is 18.2 Å². The third-order valence-corrected chi connectivity index (χ3v) is 4.88. The van der Waals surface area contributed by atoms with Gasteiger partial charge in [0, 0.05) is 42.4 Å². The number of nitrogens with one attached hydrogen (secondary N) is 2. The number of hydrogen-bond donors (Lipinski definition) is 2. The van der Waals surface area contributed by atoms with E-state index in [4.69, 9.17) is 11.6 Å². The molecule has 0 saturated heterocycles. The Balaban J connectivity index is 1.77. The molecule has 0 aliphatic rings. The second kappa shape index (κ2) is 9.34. The molecule has 0 bridgehead atoms. The van der Waals surface area contributed by atoms with Gasteiger partial charge in [0.05, 0.1) is 5.02 Å². The maximum atomic E-state index is 12.1. The number of carbonyl (C=O) groups is 2. The summed E-state index contributed by atoms with van der Waals surface area (Å²) in [6.07, 6.45) is 0.272. The number of thioether (sulfide) groups is 1. The van der Waals surface area contributed by atoms with E-state index < -0.39 is 0 Å². The number of rotatable bonds is 6. The van der Waals surface area contributed by atoms with Gasteiger partial charge < -0.3 is 4.90 Å². The van der Waals surface area contributed by atoms with Crippen molar-refractivity contribution in [2.75, 3.05) is 24.7 Å². The molecule has 0 aromatic heterocycles. The van der Waals surface area contributed by atoms with Crippen LogP contribution in [0.4, 0.5) is 5.69 Å². The van der Waals surface area contributed by atoms with Crippen LogP contribution in [0.2, 0.25) is 5.02 Å². The number of amides is 2. The Morgan fingerprint density at radius 2 is 1.84 bits per heavy atom. The van der Waals surface area contributed by atoms with Crippen molar-refractivity contribution in [3.8, 4) is 0 Å². The van der Waals surface area contributed by atoms with E-state index in [9.17, 15) is 9.59 Å². The zero-order valence-corrected chi connectivity index (χ0v) is 15.7. The quantitative estimate of drug-likeness (QED) is 0.598. The summed E-state index contributed by atoms with van der Waals surface area (Å²) in [5.74, 6) is -0.0332. The molecule has 2 aromatic rings. The molecular formula is C18H20ClN3O2S. The van der Waals surface area contributed by atoms with Crippen LogP contribution in [0.1, 0.15) is 16.8 Å². The van der Waals surface area contributed by atoms with Gasteiger partial charge in [0.2, 0.25) is 5.91 Å². The normalized spacial score (nSPS) is 10.2. The molecule has 2 aromatic carbocycles. The highest BCUT2D eigenvalue weighted by Crippen LogP contribution is 2.26. The fourth-order valence-corrected chi connectivity index (χ4v) is 3.19. The van der Waals surface area contributed by atoms with Gasteiger partial charge in [-0.05, 0) is 30.3 Å². The van der Waals surface area contributed by atoms with Crippen molar-refractivity contribution in [2.24, 2.45) is 0 Å². The lowest BCUT2D eigenvalue weighted by Crippen LogP contribution is -2.41. The molecule has 0 saturated carbocycles. The lowest BCUT2D eigenvalue weighted by Gasteiger charge is -2.13. The number of hydrogen-bond acceptors (Lipinski definition) is 4. The molecule has 0 heterocycles. The van der Waals surface area contributed by atoms with Crippen molar-refractivity contribution in [3.63, 3.8) is 0 Å². The average Bonchev–Trinajstić information content (AvgIpc) is 2.61. The van der Waals surface area contributed by atoms with E-state index in [1.807, 2.05) is 49.3 Å². The number of carbonyl (C=O) groups excluding carboxylic acids is 2. The van der Waals surface area contributed by atoms with Crippen molar-refractivity contribution >= 4 is 40.9 Å². The number of halogens is 1. The van der Waals surface area contributed by atoms with E-state index in [1.165, 1.54) is 11.8 Å². The Morgan fingerprint density at radius 3 is 2.56 bits per heavy atom. The van der Waals surface area contributed by atoms with Crippen LogP contribution in [0, 0.1) is 0 Å². The zero-order valence-electron chi connectivity index (χ0n) is 14.1. The molecule has 0 radical (unpaired) electrons. The van der Waals surface area contributed by atoms with Crippen LogP contribution in [-0.4, -0.2) is 31.7 Å². The minimum absolute atomic E-state index is 0.253. The second-order valence-corrected chi connectivity index (χ2v) is 7.02. The zero-order chi connectivity index (χ0) is 18.2. The van der Waals surface area contributed by atoms with Gasteiger partial charge in [0.25, 0.3) is 5.91 Å². The Hall–Kier alpha value is -2.18. The molecule has 7 heteroatoms. The summed E-state index contributed by atoms with van der Waals surface area (Å²) < 4.78 is 0. The maximum absolute atomic E-state index is 12.1. The molecule has 0 atom stereocenters. The first-order chi connectivity index (χ1) is 12.0. The summed E-state index contributed by atoms with van der Waals surface area (Å²) in [5.41, 5.74) is 6.26. The van der Waals surface area contributed by atoms with Crippen LogP contribution in [0.15, 0.2) is 53.4 Å². The van der Waals surface area contributed by atoms with Crippen LogP contribution in [0.5, 0.6) is 0 Å². The second-order valence-electron chi connectivity index (χ2n) is 5.48. The molecule has 132 valence electrons. The van der Waals surface area contributed by atoms with Crippen LogP contribution in [0.25, 0.3) is 0 Å². The van der Waals surface area contributed by atoms with Gasteiger partial charge in [-0.1, -0.05) is 29.8 Å². The van der Waals surface area contributed by atoms with Crippen LogP contribution in [-0.2, 0) is 4.79 Å². The maximum Gasteiger partial charge on any atom is 0.269 e. The van der Waals surface area contributed by atoms with Crippen molar-refractivity contribution in [3.05, 3.63) is 59.1 Å². The first-order valence-electron chi connectivity index (χ1n) is 7.71. The largest absolute Gasteiger partial charge is 0.378 e. The smallest absolute Gasteiger partial charge is 0.269 e. The van der Waals surface area contributed by atoms with Crippen molar-refractivity contribution in [1.29, 1.82) is 0 Å². The SMILES string of the molecule is CN(C)c1cccc(C(=O)NNC(=O)CCSc2ccccc2Cl)c1. The summed E-state index contributed by atoms with van der Waals surface area (Å²) in [4.78, 5) is 26.8. The number of hydrazine groups is 1. The number of benzene rings is 2. The van der Waals surface area contributed by atoms with Gasteiger partial charge in [-0.2, -0.15) is 0 Å². The number of nitrogens with zero attached hydrogens (tertiary/aromatic N) is 1. The van der Waals surface area contributed by atoms with E-state index >= 15 is 0 Å². The number of anilines is 1. The van der Waals surface area contributed by atoms with Gasteiger partial charge in [-0.15, -0.1) is 11.8 Å². The van der Waals surface area contributed by atoms with Gasteiger partial charge in [0.15, 0.2) is 0 Å². The molecule has 25 heavy (non-hydrogen) atoms. The predicted molar refractivity (Wildman–Crippen MR) is 103 cm³/mol. The van der Waals surface area contributed by atoms with Gasteiger partial charge in [-0.25, -0.2) is 0 Å². The van der Waals surface area contributed by atoms with E-state index in [1.54, 1.807) is 18.2 Å². The van der Waals surface area contributed by atoms with Crippen LogP contribution >= 0.6 is 23.4 Å². The van der Waals surface area contributed by atoms with Gasteiger partial charge in [-0.3, -0.25) is 20.4 Å². The highest BCUT2D eigenvalue weighted by atomic mass is 35.5. The van der Waals surface area contributed by atoms with E-state index in [2.05, 4.69) is 10.9 Å². The van der Waals surface area contributed by atoms with Crippen molar-refractivity contribution in [1.82, 2.24) is 10.9 Å². The molecule has 0 spiro atoms. The van der Waals surface area contributed by atoms with Gasteiger partial charge in [0.1, 0.15) is 0 Å². The fourth-order valence-electron chi connectivity index (χ4n) is 2.00. The average molecular weight is 378 g/mol. The molecule has 2 rings (SSSR count). The Morgan fingerprint density at radius 1 is 1.08 bits per heavy atom. The van der Waals surface area contributed by atoms with E-state index in [0.29, 0.717) is 16.3 Å². The summed E-state index contributed by atoms with van der Waals surface area (Å²) in [7, 11) is 3.80. The molecule has 2 N–H and O–H groups in total. The minimum Gasteiger partial charge on any atom is -0.378 e. The first kappa shape index (κ1) is 19.1. The lowest BCUT2D eigenvalue weighted by atomic mass is 10.2. The summed E-state index contributed by atoms with van der Waals surface area (Å²) in [6, 6.07) is 14.6.